The van der Waals surface area contributed by atoms with Crippen LogP contribution in [0.3, 0.4) is 0 Å². The Bertz CT molecular complexity index is 1330. The van der Waals surface area contributed by atoms with Crippen LogP contribution >= 0.6 is 0 Å². The lowest BCUT2D eigenvalue weighted by Crippen LogP contribution is -2.29. The lowest BCUT2D eigenvalue weighted by Gasteiger charge is -2.26. The maximum absolute atomic E-state index is 13.4. The van der Waals surface area contributed by atoms with Gasteiger partial charge in [-0.3, -0.25) is 14.5 Å². The van der Waals surface area contributed by atoms with Crippen molar-refractivity contribution in [2.45, 2.75) is 19.1 Å². The van der Waals surface area contributed by atoms with Gasteiger partial charge in [0.25, 0.3) is 11.7 Å². The van der Waals surface area contributed by atoms with E-state index in [0.717, 1.165) is 23.1 Å². The number of hydrogen-bond acceptors (Lipinski definition) is 5. The third-order valence-electron chi connectivity index (χ3n) is 5.50. The minimum Gasteiger partial charge on any atom is -0.508 e. The highest BCUT2D eigenvalue weighted by Gasteiger charge is 2.47. The number of phenolic OH excluding ortho intramolecular Hbond substituents is 1. The van der Waals surface area contributed by atoms with E-state index in [1.165, 1.54) is 42.5 Å². The lowest BCUT2D eigenvalue weighted by atomic mass is 9.95. The largest absolute Gasteiger partial charge is 0.508 e. The number of alkyl halides is 3. The minimum absolute atomic E-state index is 0.183. The number of hydrogen-bond donors (Lipinski definition) is 2. The topological polar surface area (TPSA) is 87.1 Å². The molecule has 1 atom stereocenters. The summed E-state index contributed by atoms with van der Waals surface area (Å²) in [6, 6.07) is 14.6. The zero-order valence-corrected chi connectivity index (χ0v) is 18.4. The van der Waals surface area contributed by atoms with Crippen LogP contribution in [0.25, 0.3) is 5.76 Å². The van der Waals surface area contributed by atoms with Crippen LogP contribution in [0.1, 0.15) is 29.7 Å². The van der Waals surface area contributed by atoms with Crippen molar-refractivity contribution in [2.75, 3.05) is 11.5 Å². The van der Waals surface area contributed by atoms with Crippen LogP contribution in [0.4, 0.5) is 18.9 Å². The Kier molecular flexibility index (Phi) is 6.26. The molecular formula is C26H20F3NO5. The van der Waals surface area contributed by atoms with Crippen molar-refractivity contribution < 1.29 is 37.7 Å². The number of anilines is 1. The average Bonchev–Trinajstić information content (AvgIpc) is 3.09. The summed E-state index contributed by atoms with van der Waals surface area (Å²) in [5.74, 6) is -2.48. The van der Waals surface area contributed by atoms with Crippen molar-refractivity contribution in [1.29, 1.82) is 0 Å². The second-order valence-corrected chi connectivity index (χ2v) is 7.77. The van der Waals surface area contributed by atoms with Gasteiger partial charge in [0.15, 0.2) is 0 Å². The van der Waals surface area contributed by atoms with Gasteiger partial charge in [0.2, 0.25) is 0 Å². The molecule has 1 saturated heterocycles. The first-order valence-corrected chi connectivity index (χ1v) is 10.6. The van der Waals surface area contributed by atoms with Gasteiger partial charge in [-0.25, -0.2) is 0 Å². The molecule has 3 aromatic carbocycles. The van der Waals surface area contributed by atoms with E-state index < -0.39 is 35.2 Å². The van der Waals surface area contributed by atoms with Gasteiger partial charge < -0.3 is 14.9 Å². The Labute approximate surface area is 198 Å². The smallest absolute Gasteiger partial charge is 0.416 e. The zero-order valence-electron chi connectivity index (χ0n) is 18.4. The van der Waals surface area contributed by atoms with E-state index in [4.69, 9.17) is 4.74 Å². The van der Waals surface area contributed by atoms with Crippen LogP contribution in [0.5, 0.6) is 11.5 Å². The number of rotatable bonds is 5. The predicted molar refractivity (Wildman–Crippen MR) is 122 cm³/mol. The van der Waals surface area contributed by atoms with E-state index >= 15 is 0 Å². The van der Waals surface area contributed by atoms with E-state index in [9.17, 15) is 33.0 Å². The number of carbonyl (C=O) groups excluding carboxylic acids is 2. The first kappa shape index (κ1) is 23.9. The Hall–Kier alpha value is -4.27. The molecule has 9 heteroatoms. The van der Waals surface area contributed by atoms with Crippen molar-refractivity contribution in [2.24, 2.45) is 0 Å². The number of ether oxygens (including phenoxy) is 1. The standard InChI is InChI=1S/C26H20F3NO5/c1-2-35-20-11-4-7-16(13-20)23(32)21-22(15-6-3-10-19(31)12-15)30(25(34)24(21)33)18-9-5-8-17(14-18)26(27,28)29/h3-14,22,31-32H,2H2,1H3/b23-21+. The van der Waals surface area contributed by atoms with Gasteiger partial charge >= 0.3 is 6.18 Å². The van der Waals surface area contributed by atoms with E-state index in [2.05, 4.69) is 0 Å². The second-order valence-electron chi connectivity index (χ2n) is 7.77. The SMILES string of the molecule is CCOc1cccc(/C(O)=C2\C(=O)C(=O)N(c3cccc(C(F)(F)F)c3)C2c2cccc(O)c2)c1. The number of amides is 1. The Morgan fingerprint density at radius 1 is 1.00 bits per heavy atom. The minimum atomic E-state index is -4.68. The van der Waals surface area contributed by atoms with Crippen LogP contribution in [0.15, 0.2) is 78.4 Å². The maximum Gasteiger partial charge on any atom is 0.416 e. The molecule has 2 N–H and O–H groups in total. The fourth-order valence-corrected chi connectivity index (χ4v) is 4.00. The molecule has 0 spiro atoms. The van der Waals surface area contributed by atoms with Crippen LogP contribution in [-0.2, 0) is 15.8 Å². The molecule has 0 radical (unpaired) electrons. The molecule has 0 aromatic heterocycles. The second kappa shape index (κ2) is 9.17. The van der Waals surface area contributed by atoms with Gasteiger partial charge in [-0.1, -0.05) is 30.3 Å². The van der Waals surface area contributed by atoms with Crippen molar-refractivity contribution in [1.82, 2.24) is 0 Å². The third-order valence-corrected chi connectivity index (χ3v) is 5.50. The summed E-state index contributed by atoms with van der Waals surface area (Å²) in [5.41, 5.74) is -1.10. The number of ketones is 1. The Balaban J connectivity index is 1.94. The molecule has 1 fully saturated rings. The van der Waals surface area contributed by atoms with Gasteiger partial charge in [0.05, 0.1) is 23.8 Å². The summed E-state index contributed by atoms with van der Waals surface area (Å²) in [4.78, 5) is 27.1. The number of halogens is 3. The van der Waals surface area contributed by atoms with Crippen molar-refractivity contribution >= 4 is 23.1 Å². The van der Waals surface area contributed by atoms with Crippen molar-refractivity contribution in [3.63, 3.8) is 0 Å². The summed E-state index contributed by atoms with van der Waals surface area (Å²) in [7, 11) is 0. The molecule has 180 valence electrons. The first-order valence-electron chi connectivity index (χ1n) is 10.6. The van der Waals surface area contributed by atoms with Gasteiger partial charge in [-0.15, -0.1) is 0 Å². The summed E-state index contributed by atoms with van der Waals surface area (Å²) in [5, 5.41) is 21.2. The van der Waals surface area contributed by atoms with Gasteiger partial charge in [-0.05, 0) is 55.0 Å². The molecule has 1 amide bonds. The molecule has 0 saturated carbocycles. The number of carbonyl (C=O) groups is 2. The van der Waals surface area contributed by atoms with Crippen molar-refractivity contribution in [3.05, 3.63) is 95.1 Å². The number of nitrogens with zero attached hydrogens (tertiary/aromatic N) is 1. The average molecular weight is 483 g/mol. The molecule has 1 unspecified atom stereocenters. The fraction of sp³-hybridized carbons (Fsp3) is 0.154. The summed E-state index contributed by atoms with van der Waals surface area (Å²) < 4.78 is 45.5. The fourth-order valence-electron chi connectivity index (χ4n) is 4.00. The van der Waals surface area contributed by atoms with E-state index in [0.29, 0.717) is 12.4 Å². The van der Waals surface area contributed by atoms with E-state index in [1.807, 2.05) is 0 Å². The summed E-state index contributed by atoms with van der Waals surface area (Å²) in [6.07, 6.45) is -4.68. The van der Waals surface area contributed by atoms with Gasteiger partial charge in [0, 0.05) is 11.3 Å². The molecule has 1 heterocycles. The number of phenols is 1. The van der Waals surface area contributed by atoms with Crippen LogP contribution in [0, 0.1) is 0 Å². The van der Waals surface area contributed by atoms with Gasteiger partial charge in [0.1, 0.15) is 17.3 Å². The van der Waals surface area contributed by atoms with Crippen LogP contribution < -0.4 is 9.64 Å². The quantitative estimate of drug-likeness (QED) is 0.287. The highest BCUT2D eigenvalue weighted by molar-refractivity contribution is 6.51. The monoisotopic (exact) mass is 483 g/mol. The Morgan fingerprint density at radius 2 is 1.71 bits per heavy atom. The summed E-state index contributed by atoms with van der Waals surface area (Å²) in [6.45, 7) is 2.13. The third kappa shape index (κ3) is 4.57. The molecule has 0 bridgehead atoms. The number of Topliss-reactive ketones (excluding diaryl/α,β-unsaturated/α-hetero) is 1. The molecule has 3 aromatic rings. The number of aliphatic hydroxyl groups is 1. The molecule has 1 aliphatic rings. The summed E-state index contributed by atoms with van der Waals surface area (Å²) >= 11 is 0. The highest BCUT2D eigenvalue weighted by Crippen LogP contribution is 2.44. The Morgan fingerprint density at radius 3 is 2.40 bits per heavy atom. The van der Waals surface area contributed by atoms with E-state index in [1.54, 1.807) is 19.1 Å². The zero-order chi connectivity index (χ0) is 25.3. The van der Waals surface area contributed by atoms with Crippen molar-refractivity contribution in [3.8, 4) is 11.5 Å². The molecular weight excluding hydrogens is 463 g/mol. The number of aromatic hydroxyl groups is 1. The lowest BCUT2D eigenvalue weighted by molar-refractivity contribution is -0.137. The highest BCUT2D eigenvalue weighted by atomic mass is 19.4. The van der Waals surface area contributed by atoms with E-state index in [-0.39, 0.29) is 28.1 Å². The van der Waals surface area contributed by atoms with Crippen LogP contribution in [-0.4, -0.2) is 28.5 Å². The molecule has 4 rings (SSSR count). The molecule has 0 aliphatic carbocycles. The molecule has 6 nitrogen and oxygen atoms in total. The van der Waals surface area contributed by atoms with Crippen LogP contribution in [0.2, 0.25) is 0 Å². The molecule has 1 aliphatic heterocycles. The molecule has 35 heavy (non-hydrogen) atoms. The number of benzene rings is 3. The predicted octanol–water partition coefficient (Wildman–Crippen LogP) is 5.44. The first-order chi connectivity index (χ1) is 16.6. The normalized spacial score (nSPS) is 17.6. The maximum atomic E-state index is 13.4. The number of aliphatic hydroxyl groups excluding tert-OH is 1. The van der Waals surface area contributed by atoms with Gasteiger partial charge in [-0.2, -0.15) is 13.2 Å².